The molecule has 4 rings (SSSR count). The highest BCUT2D eigenvalue weighted by Crippen LogP contribution is 2.65. The minimum atomic E-state index is -1.27. The van der Waals surface area contributed by atoms with Crippen LogP contribution in [-0.2, 0) is 14.3 Å². The number of carbonyl (C=O) groups excluding carboxylic acids is 2. The summed E-state index contributed by atoms with van der Waals surface area (Å²) in [5, 5.41) is 0.829. The van der Waals surface area contributed by atoms with Gasteiger partial charge < -0.3 is 9.47 Å². The zero-order valence-corrected chi connectivity index (χ0v) is 17.7. The van der Waals surface area contributed by atoms with E-state index in [0.717, 1.165) is 9.86 Å². The molecule has 136 valence electrons. The summed E-state index contributed by atoms with van der Waals surface area (Å²) in [7, 11) is 0. The number of nitrogens with zero attached hydrogens (tertiary/aromatic N) is 1. The maximum absolute atomic E-state index is 13.2. The number of halogens is 2. The van der Waals surface area contributed by atoms with Crippen molar-refractivity contribution in [1.82, 2.24) is 4.98 Å². The lowest BCUT2D eigenvalue weighted by atomic mass is 9.66. The standard InChI is InChI=1S/C19H17Br2NO4/c1-17(2)18(3)6-7-19(17,26-15(18)23)16(24)25-14-12(21)9-11(20)10-5-4-8-22-13(10)14/h4-5,8-9H,6-7H2,1-3H3/t18-,19+/m0/s1. The van der Waals surface area contributed by atoms with Crippen LogP contribution >= 0.6 is 31.9 Å². The molecular weight excluding hydrogens is 466 g/mol. The van der Waals surface area contributed by atoms with Gasteiger partial charge in [-0.15, -0.1) is 0 Å². The molecule has 0 radical (unpaired) electrons. The van der Waals surface area contributed by atoms with Crippen molar-refractivity contribution >= 4 is 54.7 Å². The monoisotopic (exact) mass is 481 g/mol. The lowest BCUT2D eigenvalue weighted by Gasteiger charge is -2.34. The fourth-order valence-corrected chi connectivity index (χ4v) is 5.47. The number of hydrogen-bond acceptors (Lipinski definition) is 5. The van der Waals surface area contributed by atoms with Gasteiger partial charge in [0.05, 0.1) is 9.89 Å². The number of ether oxygens (including phenoxy) is 2. The molecule has 1 aliphatic carbocycles. The van der Waals surface area contributed by atoms with Gasteiger partial charge in [-0.1, -0.05) is 35.8 Å². The van der Waals surface area contributed by atoms with Crippen molar-refractivity contribution in [2.45, 2.75) is 39.2 Å². The molecule has 1 saturated heterocycles. The highest BCUT2D eigenvalue weighted by molar-refractivity contribution is 9.11. The molecule has 1 aliphatic heterocycles. The van der Waals surface area contributed by atoms with E-state index in [2.05, 4.69) is 36.8 Å². The van der Waals surface area contributed by atoms with Crippen molar-refractivity contribution in [3.63, 3.8) is 0 Å². The van der Waals surface area contributed by atoms with Crippen LogP contribution in [0.3, 0.4) is 0 Å². The number of pyridine rings is 1. The number of esters is 2. The summed E-state index contributed by atoms with van der Waals surface area (Å²) in [4.78, 5) is 30.0. The summed E-state index contributed by atoms with van der Waals surface area (Å²) < 4.78 is 12.9. The summed E-state index contributed by atoms with van der Waals surface area (Å²) in [5.74, 6) is -0.550. The average Bonchev–Trinajstić information content (AvgIpc) is 2.89. The normalized spacial score (nSPS) is 29.0. The Hall–Kier alpha value is -1.47. The number of rotatable bonds is 2. The van der Waals surface area contributed by atoms with Crippen molar-refractivity contribution in [3.8, 4) is 5.75 Å². The molecule has 0 unspecified atom stereocenters. The molecule has 7 heteroatoms. The van der Waals surface area contributed by atoms with E-state index >= 15 is 0 Å². The Labute approximate surface area is 167 Å². The molecule has 2 fully saturated rings. The third-order valence-corrected chi connectivity index (χ3v) is 7.60. The van der Waals surface area contributed by atoms with Crippen LogP contribution in [0.1, 0.15) is 33.6 Å². The van der Waals surface area contributed by atoms with Crippen LogP contribution in [0.25, 0.3) is 10.9 Å². The first-order valence-electron chi connectivity index (χ1n) is 8.32. The maximum atomic E-state index is 13.2. The lowest BCUT2D eigenvalue weighted by Crippen LogP contribution is -2.50. The minimum absolute atomic E-state index is 0.329. The van der Waals surface area contributed by atoms with Gasteiger partial charge in [0.1, 0.15) is 5.52 Å². The Morgan fingerprint density at radius 3 is 2.58 bits per heavy atom. The van der Waals surface area contributed by atoms with Crippen molar-refractivity contribution < 1.29 is 19.1 Å². The van der Waals surface area contributed by atoms with Gasteiger partial charge in [0, 0.05) is 21.5 Å². The third-order valence-electron chi connectivity index (χ3n) is 6.36. The molecule has 2 aliphatic rings. The van der Waals surface area contributed by atoms with Gasteiger partial charge in [0.15, 0.2) is 5.75 Å². The topological polar surface area (TPSA) is 65.5 Å². The summed E-state index contributed by atoms with van der Waals surface area (Å²) in [6.07, 6.45) is 2.71. The van der Waals surface area contributed by atoms with Crippen LogP contribution in [0.15, 0.2) is 33.3 Å². The molecule has 2 atom stereocenters. The van der Waals surface area contributed by atoms with Gasteiger partial charge in [-0.2, -0.15) is 0 Å². The molecular formula is C19H17Br2NO4. The molecule has 0 N–H and O–H groups in total. The molecule has 2 bridgehead atoms. The summed E-state index contributed by atoms with van der Waals surface area (Å²) in [5.41, 5.74) is -2.05. The molecule has 0 amide bonds. The van der Waals surface area contributed by atoms with Crippen molar-refractivity contribution in [2.24, 2.45) is 10.8 Å². The first-order chi connectivity index (χ1) is 12.1. The smallest absolute Gasteiger partial charge is 0.356 e. The minimum Gasteiger partial charge on any atom is -0.446 e. The summed E-state index contributed by atoms with van der Waals surface area (Å²) in [6.45, 7) is 5.67. The van der Waals surface area contributed by atoms with E-state index in [0.29, 0.717) is 28.6 Å². The van der Waals surface area contributed by atoms with Crippen LogP contribution in [0.2, 0.25) is 0 Å². The van der Waals surface area contributed by atoms with E-state index in [1.54, 1.807) is 6.20 Å². The van der Waals surface area contributed by atoms with Gasteiger partial charge in [0.2, 0.25) is 5.60 Å². The number of carbonyl (C=O) groups is 2. The zero-order chi connectivity index (χ0) is 18.9. The van der Waals surface area contributed by atoms with Crippen LogP contribution in [0.5, 0.6) is 5.75 Å². The van der Waals surface area contributed by atoms with Crippen LogP contribution in [0, 0.1) is 10.8 Å². The number of benzene rings is 1. The van der Waals surface area contributed by atoms with Gasteiger partial charge in [0.25, 0.3) is 0 Å². The first kappa shape index (κ1) is 17.9. The second-order valence-electron chi connectivity index (χ2n) is 7.63. The molecule has 5 nitrogen and oxygen atoms in total. The van der Waals surface area contributed by atoms with Crippen molar-refractivity contribution in [1.29, 1.82) is 0 Å². The van der Waals surface area contributed by atoms with Crippen LogP contribution < -0.4 is 4.74 Å². The van der Waals surface area contributed by atoms with Crippen molar-refractivity contribution in [2.75, 3.05) is 0 Å². The highest BCUT2D eigenvalue weighted by Gasteiger charge is 2.76. The molecule has 1 aromatic heterocycles. The zero-order valence-electron chi connectivity index (χ0n) is 14.6. The summed E-state index contributed by atoms with van der Waals surface area (Å²) >= 11 is 6.95. The van der Waals surface area contributed by atoms with E-state index in [4.69, 9.17) is 9.47 Å². The SMILES string of the molecule is CC1(C)[C@@]2(C)CC[C@]1(C(=O)Oc1c(Br)cc(Br)c3cccnc13)OC2=O. The Morgan fingerprint density at radius 1 is 1.23 bits per heavy atom. The van der Waals surface area contributed by atoms with E-state index < -0.39 is 22.4 Å². The third kappa shape index (κ3) is 2.04. The molecule has 26 heavy (non-hydrogen) atoms. The number of aromatic nitrogens is 1. The Balaban J connectivity index is 1.79. The largest absolute Gasteiger partial charge is 0.446 e. The van der Waals surface area contributed by atoms with Gasteiger partial charge in [-0.25, -0.2) is 4.79 Å². The van der Waals surface area contributed by atoms with Crippen molar-refractivity contribution in [3.05, 3.63) is 33.3 Å². The predicted molar refractivity (Wildman–Crippen MR) is 103 cm³/mol. The van der Waals surface area contributed by atoms with Gasteiger partial charge >= 0.3 is 11.9 Å². The Bertz CT molecular complexity index is 973. The van der Waals surface area contributed by atoms with E-state index in [-0.39, 0.29) is 5.97 Å². The Morgan fingerprint density at radius 2 is 1.96 bits per heavy atom. The molecule has 1 saturated carbocycles. The van der Waals surface area contributed by atoms with E-state index in [1.165, 1.54) is 0 Å². The first-order valence-corrected chi connectivity index (χ1v) is 9.91. The summed E-state index contributed by atoms with van der Waals surface area (Å²) in [6, 6.07) is 5.52. The number of fused-ring (bicyclic) bond motifs is 3. The molecule has 2 heterocycles. The van der Waals surface area contributed by atoms with Crippen LogP contribution in [-0.4, -0.2) is 22.5 Å². The molecule has 1 aromatic carbocycles. The van der Waals surface area contributed by atoms with Crippen LogP contribution in [0.4, 0.5) is 0 Å². The van der Waals surface area contributed by atoms with Gasteiger partial charge in [-0.05, 0) is 47.8 Å². The second kappa shape index (κ2) is 5.52. The van der Waals surface area contributed by atoms with E-state index in [1.807, 2.05) is 39.0 Å². The number of hydrogen-bond donors (Lipinski definition) is 0. The highest BCUT2D eigenvalue weighted by atomic mass is 79.9. The predicted octanol–water partition coefficient (Wildman–Crippen LogP) is 4.79. The fraction of sp³-hybridized carbons (Fsp3) is 0.421. The average molecular weight is 483 g/mol. The Kier molecular flexibility index (Phi) is 3.80. The van der Waals surface area contributed by atoms with Gasteiger partial charge in [-0.3, -0.25) is 9.78 Å². The maximum Gasteiger partial charge on any atom is 0.356 e. The molecule has 0 spiro atoms. The van der Waals surface area contributed by atoms with E-state index in [9.17, 15) is 9.59 Å². The molecule has 2 aromatic rings. The fourth-order valence-electron chi connectivity index (χ4n) is 4.12. The lowest BCUT2D eigenvalue weighted by molar-refractivity contribution is -0.176. The second-order valence-corrected chi connectivity index (χ2v) is 9.34. The quantitative estimate of drug-likeness (QED) is 0.455.